The van der Waals surface area contributed by atoms with Crippen molar-refractivity contribution in [3.05, 3.63) is 16.7 Å². The van der Waals surface area contributed by atoms with E-state index in [0.717, 1.165) is 0 Å². The maximum Gasteiger partial charge on any atom is 1.00 e. The zero-order valence-electron chi connectivity index (χ0n) is 15.6. The number of carbonyl (C=O) groups is 1. The van der Waals surface area contributed by atoms with Crippen LogP contribution in [0.15, 0.2) is 11.1 Å². The van der Waals surface area contributed by atoms with Gasteiger partial charge in [0.1, 0.15) is 12.2 Å². The van der Waals surface area contributed by atoms with Crippen LogP contribution in [0.5, 0.6) is 0 Å². The molecular weight excluding hydrogens is 420 g/mol. The number of imidazole rings is 1. The number of H-pyrrole nitrogens is 1. The van der Waals surface area contributed by atoms with Crippen LogP contribution in [0, 0.1) is 0 Å². The molecule has 2 aliphatic rings. The number of nitrogens with two attached hydrogens (primary N) is 1. The largest absolute Gasteiger partial charge is 1.00 e. The first-order chi connectivity index (χ1) is 13.3. The number of aromatic nitrogens is 4. The summed E-state index contributed by atoms with van der Waals surface area (Å²) in [4.78, 5) is 46.2. The first kappa shape index (κ1) is 22.4. The molecule has 2 saturated heterocycles. The summed E-state index contributed by atoms with van der Waals surface area (Å²) in [7, 11) is -4.56. The molecule has 5 atom stereocenters. The number of rotatable bonds is 4. The molecule has 2 aromatic rings. The summed E-state index contributed by atoms with van der Waals surface area (Å²) in [6.07, 6.45) is -2.17. The molecule has 5 unspecified atom stereocenters. The molecule has 4 rings (SSSR count). The van der Waals surface area contributed by atoms with Crippen LogP contribution >= 0.6 is 7.82 Å². The van der Waals surface area contributed by atoms with E-state index in [4.69, 9.17) is 19.7 Å². The maximum atomic E-state index is 12.1. The Bertz CT molecular complexity index is 1030. The maximum absolute atomic E-state index is 12.1. The number of nitrogens with zero attached hydrogens (tertiary/aromatic N) is 3. The standard InChI is InChI=1S/C14H18N5O8P.Na/c1-2-3-7(20)26-10-9-6(4-24-28(22,23)27-9)25-13(10)19-5-16-8-11(19)17-14(15)18-12(8)21;/h5-6,9-10,13H,2-4H2,1H3,(H,22,23)(H3,15,17,18,21);/q;+1/p-1. The van der Waals surface area contributed by atoms with E-state index < -0.39 is 43.9 Å². The Morgan fingerprint density at radius 2 is 2.31 bits per heavy atom. The molecule has 0 bridgehead atoms. The van der Waals surface area contributed by atoms with Gasteiger partial charge in [0.15, 0.2) is 23.5 Å². The Balaban J connectivity index is 0.00000240. The number of hydrogen-bond acceptors (Lipinski definition) is 11. The Morgan fingerprint density at radius 1 is 1.55 bits per heavy atom. The van der Waals surface area contributed by atoms with Crippen LogP contribution in [0.3, 0.4) is 0 Å². The smallest absolute Gasteiger partial charge is 0.756 e. The summed E-state index contributed by atoms with van der Waals surface area (Å²) < 4.78 is 34.1. The fraction of sp³-hybridized carbons (Fsp3) is 0.571. The number of fused-ring (bicyclic) bond motifs is 2. The van der Waals surface area contributed by atoms with Gasteiger partial charge in [-0.1, -0.05) is 6.92 Å². The Kier molecular flexibility index (Phi) is 6.51. The quantitative estimate of drug-likeness (QED) is 0.272. The Morgan fingerprint density at radius 3 is 3.03 bits per heavy atom. The van der Waals surface area contributed by atoms with E-state index in [1.807, 2.05) is 0 Å². The number of nitrogens with one attached hydrogen (secondary N) is 1. The predicted molar refractivity (Wildman–Crippen MR) is 89.7 cm³/mol. The average Bonchev–Trinajstić information content (AvgIpc) is 3.16. The molecular formula is C14H17N5NaO8P. The van der Waals surface area contributed by atoms with E-state index in [-0.39, 0.29) is 59.7 Å². The van der Waals surface area contributed by atoms with Gasteiger partial charge in [-0.3, -0.25) is 23.7 Å². The molecule has 0 spiro atoms. The van der Waals surface area contributed by atoms with E-state index in [1.54, 1.807) is 6.92 Å². The van der Waals surface area contributed by atoms with Crippen molar-refractivity contribution in [3.8, 4) is 0 Å². The predicted octanol–water partition coefficient (Wildman–Crippen LogP) is -3.80. The fourth-order valence-electron chi connectivity index (χ4n) is 3.21. The van der Waals surface area contributed by atoms with Crippen LogP contribution in [0.1, 0.15) is 26.0 Å². The van der Waals surface area contributed by atoms with Crippen molar-refractivity contribution in [2.45, 2.75) is 44.3 Å². The van der Waals surface area contributed by atoms with E-state index in [9.17, 15) is 19.0 Å². The van der Waals surface area contributed by atoms with Crippen molar-refractivity contribution >= 4 is 30.9 Å². The average molecular weight is 437 g/mol. The van der Waals surface area contributed by atoms with Gasteiger partial charge in [-0.15, -0.1) is 0 Å². The molecule has 2 aromatic heterocycles. The number of ether oxygens (including phenoxy) is 2. The third kappa shape index (κ3) is 4.28. The van der Waals surface area contributed by atoms with Gasteiger partial charge in [0.2, 0.25) is 5.95 Å². The third-order valence-electron chi connectivity index (χ3n) is 4.38. The van der Waals surface area contributed by atoms with Gasteiger partial charge >= 0.3 is 35.5 Å². The number of carbonyl (C=O) groups excluding carboxylic acids is 1. The number of esters is 1. The number of hydrogen-bond donors (Lipinski definition) is 2. The molecule has 0 aliphatic carbocycles. The number of nitrogen functional groups attached to an aromatic ring is 1. The third-order valence-corrected chi connectivity index (χ3v) is 5.35. The summed E-state index contributed by atoms with van der Waals surface area (Å²) in [5.41, 5.74) is 5.13. The number of aromatic amines is 1. The number of phosphoric ester groups is 1. The van der Waals surface area contributed by atoms with E-state index in [2.05, 4.69) is 19.5 Å². The van der Waals surface area contributed by atoms with Crippen LogP contribution in [0.25, 0.3) is 11.2 Å². The fourth-order valence-corrected chi connectivity index (χ4v) is 4.15. The first-order valence-electron chi connectivity index (χ1n) is 8.50. The zero-order valence-corrected chi connectivity index (χ0v) is 18.5. The molecule has 3 N–H and O–H groups in total. The molecule has 152 valence electrons. The summed E-state index contributed by atoms with van der Waals surface area (Å²) in [6.45, 7) is 1.50. The second kappa shape index (κ2) is 8.44. The van der Waals surface area contributed by atoms with Crippen LogP contribution in [0.2, 0.25) is 0 Å². The Hall–Kier alpha value is -1.31. The van der Waals surface area contributed by atoms with Gasteiger partial charge in [-0.25, -0.2) is 4.98 Å². The molecule has 15 heteroatoms. The van der Waals surface area contributed by atoms with Gasteiger partial charge in [0.25, 0.3) is 13.4 Å². The molecule has 0 aromatic carbocycles. The van der Waals surface area contributed by atoms with E-state index in [0.29, 0.717) is 6.42 Å². The van der Waals surface area contributed by atoms with Gasteiger partial charge in [0.05, 0.1) is 12.9 Å². The minimum Gasteiger partial charge on any atom is -0.756 e. The van der Waals surface area contributed by atoms with Gasteiger partial charge in [-0.05, 0) is 6.42 Å². The molecule has 2 fully saturated rings. The molecule has 2 aliphatic heterocycles. The van der Waals surface area contributed by atoms with E-state index >= 15 is 0 Å². The SMILES string of the molecule is CCCC(=O)OC1C2OP(=O)([O-])OCC2OC1n1cnc2c(=O)[nH]c(N)nc21.[Na+]. The summed E-state index contributed by atoms with van der Waals surface area (Å²) in [6, 6.07) is 0. The van der Waals surface area contributed by atoms with Gasteiger partial charge in [0, 0.05) is 6.42 Å². The molecule has 29 heavy (non-hydrogen) atoms. The van der Waals surface area contributed by atoms with Crippen molar-refractivity contribution in [2.75, 3.05) is 12.3 Å². The zero-order chi connectivity index (χ0) is 20.1. The molecule has 0 radical (unpaired) electrons. The minimum atomic E-state index is -4.56. The van der Waals surface area contributed by atoms with Crippen LogP contribution in [0.4, 0.5) is 5.95 Å². The summed E-state index contributed by atoms with van der Waals surface area (Å²) in [5, 5.41) is 0. The van der Waals surface area contributed by atoms with Gasteiger partial charge in [-0.2, -0.15) is 4.98 Å². The topological polar surface area (TPSA) is 184 Å². The second-order valence-electron chi connectivity index (χ2n) is 6.36. The van der Waals surface area contributed by atoms with Crippen LogP contribution < -0.4 is 45.7 Å². The monoisotopic (exact) mass is 437 g/mol. The van der Waals surface area contributed by atoms with Gasteiger partial charge < -0.3 is 29.1 Å². The van der Waals surface area contributed by atoms with Crippen molar-refractivity contribution in [2.24, 2.45) is 0 Å². The number of phosphoric acid groups is 1. The van der Waals surface area contributed by atoms with Crippen molar-refractivity contribution in [3.63, 3.8) is 0 Å². The molecule has 0 saturated carbocycles. The van der Waals surface area contributed by atoms with E-state index in [1.165, 1.54) is 10.9 Å². The minimum absolute atomic E-state index is 0. The van der Waals surface area contributed by atoms with Crippen molar-refractivity contribution in [1.29, 1.82) is 0 Å². The molecule has 0 amide bonds. The van der Waals surface area contributed by atoms with Crippen LogP contribution in [-0.4, -0.2) is 50.4 Å². The Labute approximate surface area is 185 Å². The van der Waals surface area contributed by atoms with Crippen LogP contribution in [-0.2, 0) is 27.9 Å². The van der Waals surface area contributed by atoms with Crippen molar-refractivity contribution in [1.82, 2.24) is 19.5 Å². The number of anilines is 1. The molecule has 13 nitrogen and oxygen atoms in total. The first-order valence-corrected chi connectivity index (χ1v) is 9.96. The summed E-state index contributed by atoms with van der Waals surface area (Å²) in [5.74, 6) is -0.690. The normalized spacial score (nSPS) is 31.2. The summed E-state index contributed by atoms with van der Waals surface area (Å²) >= 11 is 0. The molecule has 4 heterocycles. The second-order valence-corrected chi connectivity index (χ2v) is 7.72. The van der Waals surface area contributed by atoms with Crippen molar-refractivity contribution < 1.29 is 62.3 Å².